The first-order valence-electron chi connectivity index (χ1n) is 8.94. The Morgan fingerprint density at radius 3 is 2.59 bits per heavy atom. The number of methoxy groups -OCH3 is 1. The molecule has 2 heterocycles. The van der Waals surface area contributed by atoms with Crippen LogP contribution in [0.1, 0.15) is 31.9 Å². The molecule has 0 saturated carbocycles. The Labute approximate surface area is 184 Å². The summed E-state index contributed by atoms with van der Waals surface area (Å²) >= 11 is 1.14. The Morgan fingerprint density at radius 1 is 1.09 bits per heavy atom. The maximum absolute atomic E-state index is 12.8. The van der Waals surface area contributed by atoms with Crippen molar-refractivity contribution in [3.05, 3.63) is 69.9 Å². The van der Waals surface area contributed by atoms with E-state index in [4.69, 9.17) is 0 Å². The second kappa shape index (κ2) is 9.49. The summed E-state index contributed by atoms with van der Waals surface area (Å²) < 4.78 is 43.0. The van der Waals surface area contributed by atoms with Crippen molar-refractivity contribution in [2.24, 2.45) is 0 Å². The number of aryl methyl sites for hydroxylation is 1. The number of carbonyl (C=O) groups is 2. The second-order valence-corrected chi connectivity index (χ2v) is 7.34. The third-order valence-corrected chi connectivity index (χ3v) is 4.88. The van der Waals surface area contributed by atoms with Crippen LogP contribution in [0.2, 0.25) is 0 Å². The number of pyridine rings is 1. The number of thiazole rings is 1. The molecule has 0 aliphatic rings. The van der Waals surface area contributed by atoms with Crippen molar-refractivity contribution in [1.29, 1.82) is 0 Å². The van der Waals surface area contributed by atoms with Gasteiger partial charge in [-0.25, -0.2) is 14.8 Å². The third kappa shape index (κ3) is 5.83. The quantitative estimate of drug-likeness (QED) is 0.553. The Bertz CT molecular complexity index is 1230. The molecule has 0 spiro atoms. The molecule has 7 nitrogen and oxygen atoms in total. The van der Waals surface area contributed by atoms with Gasteiger partial charge in [0.2, 0.25) is 0 Å². The topological polar surface area (TPSA) is 93.2 Å². The number of carbonyl (C=O) groups excluding carboxylic acids is 2. The Balaban J connectivity index is 1.77. The van der Waals surface area contributed by atoms with Crippen LogP contribution in [-0.4, -0.2) is 29.1 Å². The van der Waals surface area contributed by atoms with E-state index in [1.807, 2.05) is 0 Å². The number of hydrogen-bond donors (Lipinski definition) is 2. The van der Waals surface area contributed by atoms with Crippen molar-refractivity contribution >= 4 is 34.3 Å². The first-order chi connectivity index (χ1) is 15.2. The van der Waals surface area contributed by atoms with Gasteiger partial charge in [0.1, 0.15) is 5.82 Å². The number of alkyl halides is 3. The number of nitrogens with one attached hydrogen (secondary N) is 2. The van der Waals surface area contributed by atoms with Gasteiger partial charge in [-0.15, -0.1) is 0 Å². The minimum Gasteiger partial charge on any atom is -0.453 e. The molecule has 3 aromatic rings. The second-order valence-electron chi connectivity index (χ2n) is 6.31. The van der Waals surface area contributed by atoms with E-state index in [0.717, 1.165) is 35.2 Å². The fourth-order valence-corrected chi connectivity index (χ4v) is 3.07. The van der Waals surface area contributed by atoms with Crippen molar-refractivity contribution in [1.82, 2.24) is 9.97 Å². The molecule has 0 aliphatic carbocycles. The summed E-state index contributed by atoms with van der Waals surface area (Å²) in [7, 11) is 1.23. The number of ether oxygens (including phenoxy) is 1. The fraction of sp³-hybridized carbons (Fsp3) is 0.143. The highest BCUT2D eigenvalue weighted by Crippen LogP contribution is 2.30. The van der Waals surface area contributed by atoms with Gasteiger partial charge in [0, 0.05) is 17.3 Å². The number of aromatic nitrogens is 2. The molecule has 0 saturated heterocycles. The van der Waals surface area contributed by atoms with Crippen molar-refractivity contribution in [2.75, 3.05) is 17.7 Å². The summed E-state index contributed by atoms with van der Waals surface area (Å²) in [6.07, 6.45) is -2.74. The van der Waals surface area contributed by atoms with E-state index in [0.29, 0.717) is 15.6 Å². The standard InChI is InChI=1S/C21H15F3N4O3S/c1-12-3-4-14(18(29)27-17-10-15(7-8-25-17)21(22,23)24)9-13(12)5-6-16-11-26-19(32-16)28-20(30)31-2/h3-4,7-11H,1-2H3,(H,25,27,29)(H,26,28,30). The van der Waals surface area contributed by atoms with Crippen LogP contribution in [0, 0.1) is 18.8 Å². The van der Waals surface area contributed by atoms with Gasteiger partial charge < -0.3 is 10.1 Å². The van der Waals surface area contributed by atoms with E-state index in [2.05, 4.69) is 37.2 Å². The number of hydrogen-bond acceptors (Lipinski definition) is 6. The van der Waals surface area contributed by atoms with E-state index >= 15 is 0 Å². The molecule has 0 unspecified atom stereocenters. The summed E-state index contributed by atoms with van der Waals surface area (Å²) in [6, 6.07) is 6.32. The molecular formula is C21H15F3N4O3S. The highest BCUT2D eigenvalue weighted by Gasteiger charge is 2.30. The summed E-state index contributed by atoms with van der Waals surface area (Å²) in [4.78, 5) is 32.1. The van der Waals surface area contributed by atoms with Crippen LogP contribution in [0.4, 0.5) is 28.9 Å². The molecule has 2 N–H and O–H groups in total. The lowest BCUT2D eigenvalue weighted by Crippen LogP contribution is -2.14. The Kier molecular flexibility index (Phi) is 6.75. The number of halogens is 3. The molecule has 1 aromatic carbocycles. The van der Waals surface area contributed by atoms with Crippen molar-refractivity contribution in [2.45, 2.75) is 13.1 Å². The molecule has 2 aromatic heterocycles. The molecule has 3 rings (SSSR count). The lowest BCUT2D eigenvalue weighted by molar-refractivity contribution is -0.137. The van der Waals surface area contributed by atoms with E-state index in [-0.39, 0.29) is 11.4 Å². The van der Waals surface area contributed by atoms with Crippen molar-refractivity contribution in [3.8, 4) is 11.8 Å². The van der Waals surface area contributed by atoms with E-state index in [1.54, 1.807) is 13.0 Å². The first-order valence-corrected chi connectivity index (χ1v) is 9.75. The molecule has 2 amide bonds. The zero-order valence-corrected chi connectivity index (χ0v) is 17.5. The van der Waals surface area contributed by atoms with E-state index < -0.39 is 23.7 Å². The predicted octanol–water partition coefficient (Wildman–Crippen LogP) is 4.70. The number of benzene rings is 1. The van der Waals surface area contributed by atoms with Gasteiger partial charge in [0.15, 0.2) is 5.13 Å². The van der Waals surface area contributed by atoms with Gasteiger partial charge in [0.05, 0.1) is 23.7 Å². The van der Waals surface area contributed by atoms with Crippen LogP contribution >= 0.6 is 11.3 Å². The van der Waals surface area contributed by atoms with Crippen LogP contribution < -0.4 is 10.6 Å². The molecule has 0 fully saturated rings. The normalized spacial score (nSPS) is 10.7. The van der Waals surface area contributed by atoms with Gasteiger partial charge in [-0.2, -0.15) is 13.2 Å². The molecule has 0 atom stereocenters. The highest BCUT2D eigenvalue weighted by atomic mass is 32.1. The molecule has 164 valence electrons. The van der Waals surface area contributed by atoms with Crippen molar-refractivity contribution < 1.29 is 27.5 Å². The lowest BCUT2D eigenvalue weighted by atomic mass is 10.0. The molecule has 0 aliphatic heterocycles. The Morgan fingerprint density at radius 2 is 1.88 bits per heavy atom. The van der Waals surface area contributed by atoms with Gasteiger partial charge >= 0.3 is 12.3 Å². The number of amides is 2. The van der Waals surface area contributed by atoms with Crippen LogP contribution in [0.3, 0.4) is 0 Å². The van der Waals surface area contributed by atoms with E-state index in [1.165, 1.54) is 25.4 Å². The van der Waals surface area contributed by atoms with E-state index in [9.17, 15) is 22.8 Å². The lowest BCUT2D eigenvalue weighted by Gasteiger charge is -2.09. The van der Waals surface area contributed by atoms with Crippen LogP contribution in [-0.2, 0) is 10.9 Å². The van der Waals surface area contributed by atoms with Crippen LogP contribution in [0.15, 0.2) is 42.7 Å². The minimum absolute atomic E-state index is 0.205. The average Bonchev–Trinajstić information content (AvgIpc) is 3.19. The largest absolute Gasteiger partial charge is 0.453 e. The maximum Gasteiger partial charge on any atom is 0.416 e. The molecule has 11 heteroatoms. The molecule has 0 bridgehead atoms. The smallest absolute Gasteiger partial charge is 0.416 e. The Hall–Kier alpha value is -3.91. The fourth-order valence-electron chi connectivity index (χ4n) is 2.42. The SMILES string of the molecule is COC(=O)Nc1ncc(C#Cc2cc(C(=O)Nc3cc(C(F)(F)F)ccn3)ccc2C)s1. The monoisotopic (exact) mass is 460 g/mol. The maximum atomic E-state index is 12.8. The van der Waals surface area contributed by atoms with Crippen LogP contribution in [0.5, 0.6) is 0 Å². The number of rotatable bonds is 3. The van der Waals surface area contributed by atoms with Crippen molar-refractivity contribution in [3.63, 3.8) is 0 Å². The minimum atomic E-state index is -4.54. The predicted molar refractivity (Wildman–Crippen MR) is 112 cm³/mol. The zero-order valence-electron chi connectivity index (χ0n) is 16.7. The number of anilines is 2. The summed E-state index contributed by atoms with van der Waals surface area (Å²) in [5.41, 5.74) is 0.634. The van der Waals surface area contributed by atoms with Gasteiger partial charge in [0.25, 0.3) is 5.91 Å². The summed E-state index contributed by atoms with van der Waals surface area (Å²) in [6.45, 7) is 1.80. The van der Waals surface area contributed by atoms with Gasteiger partial charge in [-0.05, 0) is 42.7 Å². The summed E-state index contributed by atoms with van der Waals surface area (Å²) in [5, 5.41) is 5.11. The third-order valence-electron chi connectivity index (χ3n) is 4.05. The molecule has 0 radical (unpaired) electrons. The zero-order chi connectivity index (χ0) is 23.3. The average molecular weight is 460 g/mol. The van der Waals surface area contributed by atoms with Crippen LogP contribution in [0.25, 0.3) is 0 Å². The summed E-state index contributed by atoms with van der Waals surface area (Å²) in [5.74, 6) is 4.99. The first kappa shape index (κ1) is 22.8. The van der Waals surface area contributed by atoms with Gasteiger partial charge in [-0.1, -0.05) is 23.3 Å². The number of nitrogens with zero attached hydrogens (tertiary/aromatic N) is 2. The molecular weight excluding hydrogens is 445 g/mol. The van der Waals surface area contributed by atoms with Gasteiger partial charge in [-0.3, -0.25) is 10.1 Å². The molecule has 32 heavy (non-hydrogen) atoms. The highest BCUT2D eigenvalue weighted by molar-refractivity contribution is 7.16.